The van der Waals surface area contributed by atoms with Crippen LogP contribution in [0, 0.1) is 13.8 Å². The molecule has 4 aromatic rings. The van der Waals surface area contributed by atoms with Crippen molar-refractivity contribution in [2.75, 3.05) is 19.0 Å². The van der Waals surface area contributed by atoms with Crippen molar-refractivity contribution in [1.82, 2.24) is 4.90 Å². The zero-order chi connectivity index (χ0) is 28.2. The number of hydrogen-bond acceptors (Lipinski definition) is 6. The van der Waals surface area contributed by atoms with Gasteiger partial charge in [0.15, 0.2) is 18.1 Å². The third kappa shape index (κ3) is 5.87. The number of carbonyl (C=O) groups is 3. The predicted molar refractivity (Wildman–Crippen MR) is 158 cm³/mol. The molecule has 0 bridgehead atoms. The van der Waals surface area contributed by atoms with E-state index in [0.717, 1.165) is 44.9 Å². The molecular weight excluding hydrogens is 524 g/mol. The fraction of sp³-hybridized carbons (Fsp3) is 0.156. The highest BCUT2D eigenvalue weighted by Crippen LogP contribution is 2.36. The van der Waals surface area contributed by atoms with Gasteiger partial charge in [-0.1, -0.05) is 66.2 Å². The normalized spacial score (nSPS) is 14.2. The summed E-state index contributed by atoms with van der Waals surface area (Å²) in [5.74, 6) is 0.158. The van der Waals surface area contributed by atoms with Gasteiger partial charge in [0.2, 0.25) is 0 Å². The SMILES string of the molecule is COc1cc(/C=C2\SC(=O)N(Cc3cccc4ccccc34)C2=O)ccc1OCC(=O)Nc1ccc(C)cc1C. The maximum absolute atomic E-state index is 13.2. The summed E-state index contributed by atoms with van der Waals surface area (Å²) >= 11 is 0.909. The zero-order valence-electron chi connectivity index (χ0n) is 22.4. The van der Waals surface area contributed by atoms with Crippen LogP contribution in [0.1, 0.15) is 22.3 Å². The number of amides is 3. The van der Waals surface area contributed by atoms with Crippen LogP contribution in [0.2, 0.25) is 0 Å². The Kier molecular flexibility index (Phi) is 7.89. The Morgan fingerprint density at radius 2 is 1.75 bits per heavy atom. The quantitative estimate of drug-likeness (QED) is 0.244. The average molecular weight is 553 g/mol. The Morgan fingerprint density at radius 1 is 0.950 bits per heavy atom. The number of thioether (sulfide) groups is 1. The largest absolute Gasteiger partial charge is 0.493 e. The molecule has 0 atom stereocenters. The Balaban J connectivity index is 1.27. The molecule has 0 radical (unpaired) electrons. The minimum Gasteiger partial charge on any atom is -0.493 e. The van der Waals surface area contributed by atoms with Gasteiger partial charge in [0.1, 0.15) is 0 Å². The van der Waals surface area contributed by atoms with E-state index in [4.69, 9.17) is 9.47 Å². The van der Waals surface area contributed by atoms with Crippen molar-refractivity contribution < 1.29 is 23.9 Å². The summed E-state index contributed by atoms with van der Waals surface area (Å²) in [6.07, 6.45) is 1.66. The maximum Gasteiger partial charge on any atom is 0.293 e. The summed E-state index contributed by atoms with van der Waals surface area (Å²) in [5.41, 5.74) is 4.39. The average Bonchev–Trinajstić information content (AvgIpc) is 3.21. The van der Waals surface area contributed by atoms with E-state index in [9.17, 15) is 14.4 Å². The molecule has 40 heavy (non-hydrogen) atoms. The van der Waals surface area contributed by atoms with E-state index in [1.54, 1.807) is 24.3 Å². The minimum atomic E-state index is -0.342. The van der Waals surface area contributed by atoms with Crippen molar-refractivity contribution in [2.45, 2.75) is 20.4 Å². The van der Waals surface area contributed by atoms with Crippen LogP contribution < -0.4 is 14.8 Å². The predicted octanol–water partition coefficient (Wildman–Crippen LogP) is 6.72. The van der Waals surface area contributed by atoms with Gasteiger partial charge in [-0.2, -0.15) is 0 Å². The molecule has 1 heterocycles. The summed E-state index contributed by atoms with van der Waals surface area (Å²) in [7, 11) is 1.50. The van der Waals surface area contributed by atoms with E-state index in [2.05, 4.69) is 5.32 Å². The van der Waals surface area contributed by atoms with Gasteiger partial charge in [0, 0.05) is 5.69 Å². The second-order valence-corrected chi connectivity index (χ2v) is 10.5. The van der Waals surface area contributed by atoms with Crippen LogP contribution in [0.3, 0.4) is 0 Å². The molecule has 1 aliphatic rings. The first kappa shape index (κ1) is 27.0. The molecule has 0 aliphatic carbocycles. The van der Waals surface area contributed by atoms with E-state index in [1.807, 2.05) is 74.5 Å². The first-order chi connectivity index (χ1) is 19.3. The molecule has 3 amide bonds. The fourth-order valence-electron chi connectivity index (χ4n) is 4.57. The summed E-state index contributed by atoms with van der Waals surface area (Å²) in [5, 5.41) is 4.61. The maximum atomic E-state index is 13.2. The Morgan fingerprint density at radius 3 is 2.55 bits per heavy atom. The summed E-state index contributed by atoms with van der Waals surface area (Å²) in [6.45, 7) is 3.93. The first-order valence-corrected chi connectivity index (χ1v) is 13.5. The topological polar surface area (TPSA) is 84.9 Å². The lowest BCUT2D eigenvalue weighted by atomic mass is 10.0. The molecule has 1 fully saturated rings. The molecule has 1 N–H and O–H groups in total. The highest BCUT2D eigenvalue weighted by Gasteiger charge is 2.35. The molecule has 0 unspecified atom stereocenters. The monoisotopic (exact) mass is 552 g/mol. The van der Waals surface area contributed by atoms with Crippen LogP contribution in [0.25, 0.3) is 16.8 Å². The van der Waals surface area contributed by atoms with Crippen molar-refractivity contribution >= 4 is 51.4 Å². The van der Waals surface area contributed by atoms with Gasteiger partial charge in [0.05, 0.1) is 18.6 Å². The molecule has 1 aliphatic heterocycles. The van der Waals surface area contributed by atoms with Crippen molar-refractivity contribution in [3.63, 3.8) is 0 Å². The molecular formula is C32H28N2O5S. The number of carbonyl (C=O) groups excluding carboxylic acids is 3. The molecule has 0 saturated carbocycles. The second kappa shape index (κ2) is 11.7. The van der Waals surface area contributed by atoms with E-state index < -0.39 is 0 Å². The summed E-state index contributed by atoms with van der Waals surface area (Å²) in [4.78, 5) is 40.0. The smallest absolute Gasteiger partial charge is 0.293 e. The van der Waals surface area contributed by atoms with Crippen LogP contribution in [-0.4, -0.2) is 35.7 Å². The van der Waals surface area contributed by atoms with Crippen LogP contribution in [0.4, 0.5) is 10.5 Å². The molecule has 202 valence electrons. The molecule has 5 rings (SSSR count). The lowest BCUT2D eigenvalue weighted by molar-refractivity contribution is -0.123. The number of anilines is 1. The van der Waals surface area contributed by atoms with E-state index >= 15 is 0 Å². The number of hydrogen-bond donors (Lipinski definition) is 1. The molecule has 4 aromatic carbocycles. The third-order valence-corrected chi connectivity index (χ3v) is 7.49. The molecule has 7 nitrogen and oxygen atoms in total. The number of benzene rings is 4. The number of ether oxygens (including phenoxy) is 2. The zero-order valence-corrected chi connectivity index (χ0v) is 23.2. The number of nitrogens with zero attached hydrogens (tertiary/aromatic N) is 1. The van der Waals surface area contributed by atoms with Crippen LogP contribution in [0.5, 0.6) is 11.5 Å². The Bertz CT molecular complexity index is 1660. The van der Waals surface area contributed by atoms with E-state index in [1.165, 1.54) is 12.0 Å². The van der Waals surface area contributed by atoms with Gasteiger partial charge >= 0.3 is 0 Å². The van der Waals surface area contributed by atoms with Crippen molar-refractivity contribution in [2.24, 2.45) is 0 Å². The number of fused-ring (bicyclic) bond motifs is 1. The number of nitrogens with one attached hydrogen (secondary N) is 1. The highest BCUT2D eigenvalue weighted by atomic mass is 32.2. The number of methoxy groups -OCH3 is 1. The van der Waals surface area contributed by atoms with Gasteiger partial charge in [-0.15, -0.1) is 0 Å². The van der Waals surface area contributed by atoms with Gasteiger partial charge < -0.3 is 14.8 Å². The molecule has 0 spiro atoms. The van der Waals surface area contributed by atoms with Crippen LogP contribution >= 0.6 is 11.8 Å². The molecule has 1 saturated heterocycles. The van der Waals surface area contributed by atoms with E-state index in [0.29, 0.717) is 22.0 Å². The van der Waals surface area contributed by atoms with Crippen molar-refractivity contribution in [1.29, 1.82) is 0 Å². The lowest BCUT2D eigenvalue weighted by Crippen LogP contribution is -2.27. The minimum absolute atomic E-state index is 0.198. The number of aryl methyl sites for hydroxylation is 2. The van der Waals surface area contributed by atoms with Crippen molar-refractivity contribution in [3.05, 3.63) is 106 Å². The van der Waals surface area contributed by atoms with Crippen LogP contribution in [0.15, 0.2) is 83.8 Å². The second-order valence-electron chi connectivity index (χ2n) is 9.47. The van der Waals surface area contributed by atoms with E-state index in [-0.39, 0.29) is 30.2 Å². The highest BCUT2D eigenvalue weighted by molar-refractivity contribution is 8.18. The van der Waals surface area contributed by atoms with Gasteiger partial charge in [-0.3, -0.25) is 19.3 Å². The lowest BCUT2D eigenvalue weighted by Gasteiger charge is -2.14. The summed E-state index contributed by atoms with van der Waals surface area (Å²) < 4.78 is 11.2. The van der Waals surface area contributed by atoms with Crippen molar-refractivity contribution in [3.8, 4) is 11.5 Å². The Hall–Kier alpha value is -4.56. The molecule has 8 heteroatoms. The van der Waals surface area contributed by atoms with Crippen LogP contribution in [-0.2, 0) is 16.1 Å². The standard InChI is InChI=1S/C32H28N2O5S/c1-20-11-13-26(21(2)15-20)33-30(35)19-39-27-14-12-22(16-28(27)38-3)17-29-31(36)34(32(37)40-29)18-24-9-6-8-23-7-4-5-10-25(23)24/h4-17H,18-19H2,1-3H3,(H,33,35)/b29-17-. The fourth-order valence-corrected chi connectivity index (χ4v) is 5.40. The van der Waals surface area contributed by atoms with Gasteiger partial charge in [-0.25, -0.2) is 0 Å². The Labute approximate surface area is 236 Å². The van der Waals surface area contributed by atoms with Gasteiger partial charge in [0.25, 0.3) is 17.1 Å². The third-order valence-electron chi connectivity index (χ3n) is 6.58. The summed E-state index contributed by atoms with van der Waals surface area (Å²) in [6, 6.07) is 24.7. The van der Waals surface area contributed by atoms with Gasteiger partial charge in [-0.05, 0) is 77.3 Å². The number of rotatable bonds is 8. The first-order valence-electron chi connectivity index (χ1n) is 12.7. The molecule has 0 aromatic heterocycles. The number of imide groups is 1.